The zero-order valence-electron chi connectivity index (χ0n) is 11.6. The van der Waals surface area contributed by atoms with Gasteiger partial charge in [-0.25, -0.2) is 0 Å². The van der Waals surface area contributed by atoms with Crippen LogP contribution in [0.1, 0.15) is 37.0 Å². The summed E-state index contributed by atoms with van der Waals surface area (Å²) >= 11 is 5.03. The smallest absolute Gasteiger partial charge is 0.248 e. The molecule has 1 aromatic rings. The molecule has 0 bridgehead atoms. The first-order valence-electron chi connectivity index (χ1n) is 6.38. The first-order chi connectivity index (χ1) is 9.37. The molecule has 1 aromatic carbocycles. The van der Waals surface area contributed by atoms with Gasteiger partial charge in [0, 0.05) is 11.3 Å². The van der Waals surface area contributed by atoms with Gasteiger partial charge >= 0.3 is 0 Å². The number of anilines is 1. The van der Waals surface area contributed by atoms with E-state index in [9.17, 15) is 9.59 Å². The number of hydrogen-bond acceptors (Lipinski definition) is 3. The Balaban J connectivity index is 2.94. The fourth-order valence-electron chi connectivity index (χ4n) is 2.00. The van der Waals surface area contributed by atoms with Gasteiger partial charge in [-0.3, -0.25) is 9.59 Å². The molecule has 0 unspecified atom stereocenters. The van der Waals surface area contributed by atoms with Crippen molar-refractivity contribution in [2.45, 2.75) is 26.7 Å². The number of benzene rings is 1. The molecule has 5 nitrogen and oxygen atoms in total. The van der Waals surface area contributed by atoms with E-state index >= 15 is 0 Å². The Hall–Kier alpha value is -1.95. The topological polar surface area (TPSA) is 98.2 Å². The van der Waals surface area contributed by atoms with Crippen molar-refractivity contribution in [1.82, 2.24) is 0 Å². The van der Waals surface area contributed by atoms with Crippen molar-refractivity contribution in [3.63, 3.8) is 0 Å². The molecule has 20 heavy (non-hydrogen) atoms. The van der Waals surface area contributed by atoms with E-state index in [1.807, 2.05) is 13.8 Å². The monoisotopic (exact) mass is 293 g/mol. The third-order valence-corrected chi connectivity index (χ3v) is 3.93. The van der Waals surface area contributed by atoms with Gasteiger partial charge in [0.25, 0.3) is 0 Å². The lowest BCUT2D eigenvalue weighted by molar-refractivity contribution is -0.122. The van der Waals surface area contributed by atoms with Crippen molar-refractivity contribution >= 4 is 34.7 Å². The van der Waals surface area contributed by atoms with E-state index in [4.69, 9.17) is 23.7 Å². The van der Waals surface area contributed by atoms with Crippen LogP contribution >= 0.6 is 12.2 Å². The summed E-state index contributed by atoms with van der Waals surface area (Å²) in [4.78, 5) is 23.6. The molecule has 1 rings (SSSR count). The fourth-order valence-corrected chi connectivity index (χ4v) is 2.38. The lowest BCUT2D eigenvalue weighted by atomic mass is 9.81. The predicted molar refractivity (Wildman–Crippen MR) is 83.4 cm³/mol. The highest BCUT2D eigenvalue weighted by Gasteiger charge is 2.38. The maximum Gasteiger partial charge on any atom is 0.248 e. The van der Waals surface area contributed by atoms with Crippen LogP contribution in [0.4, 0.5) is 5.69 Å². The number of nitrogens with one attached hydrogen (secondary N) is 1. The van der Waals surface area contributed by atoms with Gasteiger partial charge in [0.1, 0.15) is 0 Å². The number of hydrogen-bond donors (Lipinski definition) is 3. The van der Waals surface area contributed by atoms with Gasteiger partial charge in [-0.15, -0.1) is 0 Å². The van der Waals surface area contributed by atoms with Crippen molar-refractivity contribution in [2.24, 2.45) is 16.9 Å². The molecule has 6 heteroatoms. The van der Waals surface area contributed by atoms with Crippen molar-refractivity contribution in [2.75, 3.05) is 5.32 Å². The number of rotatable bonds is 6. The largest absolute Gasteiger partial charge is 0.392 e. The summed E-state index contributed by atoms with van der Waals surface area (Å²) < 4.78 is 0. The van der Waals surface area contributed by atoms with Crippen LogP contribution in [0, 0.1) is 5.41 Å². The zero-order valence-corrected chi connectivity index (χ0v) is 12.4. The Kier molecular flexibility index (Phi) is 5.21. The summed E-state index contributed by atoms with van der Waals surface area (Å²) in [7, 11) is 0. The Bertz CT molecular complexity index is 522. The summed E-state index contributed by atoms with van der Waals surface area (Å²) in [5.41, 5.74) is 11.0. The SMILES string of the molecule is CCC(CC)(C(=O)Nc1ccc(C(N)=O)cc1)C(N)=S. The van der Waals surface area contributed by atoms with Crippen LogP contribution in [0.5, 0.6) is 0 Å². The number of carbonyl (C=O) groups is 2. The minimum Gasteiger partial charge on any atom is -0.392 e. The molecule has 0 saturated heterocycles. The number of thiocarbonyl (C=S) groups is 1. The van der Waals surface area contributed by atoms with Crippen molar-refractivity contribution in [3.05, 3.63) is 29.8 Å². The van der Waals surface area contributed by atoms with Gasteiger partial charge in [-0.2, -0.15) is 0 Å². The van der Waals surface area contributed by atoms with E-state index in [0.717, 1.165) is 0 Å². The molecule has 0 aliphatic carbocycles. The van der Waals surface area contributed by atoms with Gasteiger partial charge in [0.2, 0.25) is 11.8 Å². The van der Waals surface area contributed by atoms with Gasteiger partial charge in [-0.05, 0) is 37.1 Å². The molecule has 0 heterocycles. The molecule has 0 atom stereocenters. The van der Waals surface area contributed by atoms with Crippen LogP contribution in [0.2, 0.25) is 0 Å². The van der Waals surface area contributed by atoms with Crippen molar-refractivity contribution in [3.8, 4) is 0 Å². The van der Waals surface area contributed by atoms with Crippen LogP contribution in [0.15, 0.2) is 24.3 Å². The van der Waals surface area contributed by atoms with Gasteiger partial charge in [0.15, 0.2) is 0 Å². The molecule has 0 radical (unpaired) electrons. The van der Waals surface area contributed by atoms with Crippen molar-refractivity contribution < 1.29 is 9.59 Å². The van der Waals surface area contributed by atoms with Crippen LogP contribution in [-0.2, 0) is 4.79 Å². The molecular formula is C14H19N3O2S. The standard InChI is InChI=1S/C14H19N3O2S/c1-3-14(4-2,12(16)20)13(19)17-10-7-5-9(6-8-10)11(15)18/h5-8H,3-4H2,1-2H3,(H2,15,18)(H2,16,20)(H,17,19). The average molecular weight is 293 g/mol. The third-order valence-electron chi connectivity index (χ3n) is 3.54. The average Bonchev–Trinajstić information content (AvgIpc) is 2.41. The maximum atomic E-state index is 12.4. The molecule has 0 aliphatic heterocycles. The molecule has 5 N–H and O–H groups in total. The van der Waals surface area contributed by atoms with Gasteiger partial charge in [0.05, 0.1) is 10.4 Å². The zero-order chi connectivity index (χ0) is 15.3. The summed E-state index contributed by atoms with van der Waals surface area (Å²) in [6.45, 7) is 3.75. The summed E-state index contributed by atoms with van der Waals surface area (Å²) in [5.74, 6) is -0.746. The second-order valence-corrected chi connectivity index (χ2v) is 4.99. The van der Waals surface area contributed by atoms with Gasteiger partial charge < -0.3 is 16.8 Å². The third kappa shape index (κ3) is 3.14. The molecule has 108 valence electrons. The summed E-state index contributed by atoms with van der Waals surface area (Å²) in [5, 5.41) is 2.77. The number of nitrogens with two attached hydrogens (primary N) is 2. The van der Waals surface area contributed by atoms with E-state index in [0.29, 0.717) is 24.1 Å². The predicted octanol–water partition coefficient (Wildman–Crippen LogP) is 1.82. The Morgan fingerprint density at radius 3 is 2.00 bits per heavy atom. The summed E-state index contributed by atoms with van der Waals surface area (Å²) in [6, 6.07) is 6.35. The molecule has 0 aliphatic rings. The van der Waals surface area contributed by atoms with E-state index < -0.39 is 11.3 Å². The lowest BCUT2D eigenvalue weighted by Gasteiger charge is -2.28. The first-order valence-corrected chi connectivity index (χ1v) is 6.79. The second kappa shape index (κ2) is 6.47. The lowest BCUT2D eigenvalue weighted by Crippen LogP contribution is -2.45. The van der Waals surface area contributed by atoms with E-state index in [-0.39, 0.29) is 10.9 Å². The second-order valence-electron chi connectivity index (χ2n) is 4.55. The van der Waals surface area contributed by atoms with E-state index in [1.54, 1.807) is 24.3 Å². The molecule has 0 saturated carbocycles. The Morgan fingerprint density at radius 2 is 1.65 bits per heavy atom. The minimum atomic E-state index is -0.850. The highest BCUT2D eigenvalue weighted by atomic mass is 32.1. The number of amides is 2. The summed E-state index contributed by atoms with van der Waals surface area (Å²) in [6.07, 6.45) is 1.06. The molecule has 0 fully saturated rings. The highest BCUT2D eigenvalue weighted by molar-refractivity contribution is 7.80. The van der Waals surface area contributed by atoms with Crippen LogP contribution in [0.3, 0.4) is 0 Å². The molecular weight excluding hydrogens is 274 g/mol. The quantitative estimate of drug-likeness (QED) is 0.697. The molecule has 0 aromatic heterocycles. The normalized spacial score (nSPS) is 10.9. The van der Waals surface area contributed by atoms with Gasteiger partial charge in [-0.1, -0.05) is 26.1 Å². The van der Waals surface area contributed by atoms with Crippen LogP contribution < -0.4 is 16.8 Å². The van der Waals surface area contributed by atoms with E-state index in [1.165, 1.54) is 0 Å². The number of carbonyl (C=O) groups excluding carboxylic acids is 2. The fraction of sp³-hybridized carbons (Fsp3) is 0.357. The highest BCUT2D eigenvalue weighted by Crippen LogP contribution is 2.28. The first kappa shape index (κ1) is 16.1. The Labute approximate surface area is 123 Å². The maximum absolute atomic E-state index is 12.4. The van der Waals surface area contributed by atoms with Crippen LogP contribution in [0.25, 0.3) is 0 Å². The molecule has 0 spiro atoms. The number of primary amides is 1. The van der Waals surface area contributed by atoms with E-state index in [2.05, 4.69) is 5.32 Å². The Morgan fingerprint density at radius 1 is 1.15 bits per heavy atom. The van der Waals surface area contributed by atoms with Crippen molar-refractivity contribution in [1.29, 1.82) is 0 Å². The molecule has 2 amide bonds. The van der Waals surface area contributed by atoms with Crippen LogP contribution in [-0.4, -0.2) is 16.8 Å². The minimum absolute atomic E-state index is 0.189.